The lowest BCUT2D eigenvalue weighted by Crippen LogP contribution is -2.24. The third-order valence-electron chi connectivity index (χ3n) is 2.72. The molecule has 1 aromatic carbocycles. The van der Waals surface area contributed by atoms with Crippen molar-refractivity contribution in [1.82, 2.24) is 4.98 Å². The van der Waals surface area contributed by atoms with Gasteiger partial charge >= 0.3 is 0 Å². The second-order valence-electron chi connectivity index (χ2n) is 4.37. The first-order valence-corrected chi connectivity index (χ1v) is 6.66. The average Bonchev–Trinajstić information content (AvgIpc) is 2.38. The highest BCUT2D eigenvalue weighted by Gasteiger charge is 2.08. The fraction of sp³-hybridized carbons (Fsp3) is 0.231. The van der Waals surface area contributed by atoms with Gasteiger partial charge in [0.2, 0.25) is 0 Å². The van der Waals surface area contributed by atoms with Crippen LogP contribution in [-0.4, -0.2) is 22.1 Å². The first-order chi connectivity index (χ1) is 9.10. The number of rotatable bonds is 4. The number of para-hydroxylation sites is 1. The summed E-state index contributed by atoms with van der Waals surface area (Å²) in [6, 6.07) is 8.00. The lowest BCUT2D eigenvalue weighted by Gasteiger charge is -2.15. The topological polar surface area (TPSA) is 83.5 Å². The van der Waals surface area contributed by atoms with Crippen LogP contribution in [0.3, 0.4) is 0 Å². The average molecular weight is 323 g/mol. The van der Waals surface area contributed by atoms with E-state index in [1.54, 1.807) is 6.20 Å². The molecule has 100 valence electrons. The number of hydrogen-bond donors (Lipinski definition) is 3. The normalized spacial score (nSPS) is 13.5. The summed E-state index contributed by atoms with van der Waals surface area (Å²) in [5, 5.41) is 15.9. The zero-order valence-corrected chi connectivity index (χ0v) is 12.1. The lowest BCUT2D eigenvalue weighted by molar-refractivity contribution is 0.316. The molecular weight excluding hydrogens is 308 g/mol. The Hall–Kier alpha value is -1.82. The van der Waals surface area contributed by atoms with Crippen LogP contribution in [0.25, 0.3) is 10.9 Å². The van der Waals surface area contributed by atoms with Crippen LogP contribution in [0.4, 0.5) is 5.69 Å². The van der Waals surface area contributed by atoms with Crippen molar-refractivity contribution in [2.45, 2.75) is 19.4 Å². The molecular formula is C13H15BrN4O. The van der Waals surface area contributed by atoms with Crippen LogP contribution in [0.15, 0.2) is 40.1 Å². The number of hydrogen-bond acceptors (Lipinski definition) is 4. The van der Waals surface area contributed by atoms with E-state index in [-0.39, 0.29) is 11.9 Å². The maximum absolute atomic E-state index is 8.57. The molecule has 2 aromatic rings. The summed E-state index contributed by atoms with van der Waals surface area (Å²) in [4.78, 5) is 4.41. The van der Waals surface area contributed by atoms with E-state index in [0.29, 0.717) is 6.42 Å². The summed E-state index contributed by atoms with van der Waals surface area (Å²) < 4.78 is 0.946. The number of nitrogens with zero attached hydrogens (tertiary/aromatic N) is 2. The molecule has 0 aliphatic heterocycles. The second kappa shape index (κ2) is 5.88. The van der Waals surface area contributed by atoms with Crippen LogP contribution < -0.4 is 11.1 Å². The highest BCUT2D eigenvalue weighted by molar-refractivity contribution is 9.10. The molecule has 1 unspecified atom stereocenters. The standard InChI is InChI=1S/C13H15BrN4O/c1-8(5-12(15)18-19)17-11-4-2-3-9-6-10(14)7-16-13(9)11/h2-4,6-8,17,19H,5H2,1H3,(H2,15,18). The van der Waals surface area contributed by atoms with Crippen LogP contribution in [0.5, 0.6) is 0 Å². The third-order valence-corrected chi connectivity index (χ3v) is 3.16. The molecule has 0 aliphatic rings. The van der Waals surface area contributed by atoms with Crippen molar-refractivity contribution in [1.29, 1.82) is 0 Å². The Kier molecular flexibility index (Phi) is 4.21. The molecule has 5 nitrogen and oxygen atoms in total. The van der Waals surface area contributed by atoms with Crippen molar-refractivity contribution in [3.8, 4) is 0 Å². The van der Waals surface area contributed by atoms with E-state index < -0.39 is 0 Å². The number of aromatic nitrogens is 1. The molecule has 0 spiro atoms. The first kappa shape index (κ1) is 13.6. The van der Waals surface area contributed by atoms with Gasteiger partial charge in [-0.2, -0.15) is 0 Å². The molecule has 1 atom stereocenters. The van der Waals surface area contributed by atoms with E-state index in [2.05, 4.69) is 31.4 Å². The minimum atomic E-state index is 0.0481. The minimum Gasteiger partial charge on any atom is -0.409 e. The van der Waals surface area contributed by atoms with Gasteiger partial charge in [0.15, 0.2) is 0 Å². The highest BCUT2D eigenvalue weighted by Crippen LogP contribution is 2.24. The molecule has 1 heterocycles. The molecule has 6 heteroatoms. The summed E-state index contributed by atoms with van der Waals surface area (Å²) in [6.45, 7) is 1.97. The van der Waals surface area contributed by atoms with Gasteiger partial charge in [-0.25, -0.2) is 0 Å². The van der Waals surface area contributed by atoms with E-state index >= 15 is 0 Å². The van der Waals surface area contributed by atoms with Gasteiger partial charge in [0, 0.05) is 28.5 Å². The predicted molar refractivity (Wildman–Crippen MR) is 80.6 cm³/mol. The molecule has 0 saturated heterocycles. The molecule has 2 rings (SSSR count). The molecule has 0 fully saturated rings. The van der Waals surface area contributed by atoms with E-state index in [1.165, 1.54) is 0 Å². The van der Waals surface area contributed by atoms with Gasteiger partial charge in [0.05, 0.1) is 11.2 Å². The number of halogens is 1. The largest absolute Gasteiger partial charge is 0.409 e. The van der Waals surface area contributed by atoms with Gasteiger partial charge in [-0.05, 0) is 35.0 Å². The van der Waals surface area contributed by atoms with Crippen molar-refractivity contribution in [3.63, 3.8) is 0 Å². The summed E-state index contributed by atoms with van der Waals surface area (Å²) in [5.74, 6) is 0.205. The molecule has 0 saturated carbocycles. The fourth-order valence-electron chi connectivity index (χ4n) is 1.92. The zero-order valence-electron chi connectivity index (χ0n) is 10.5. The molecule has 19 heavy (non-hydrogen) atoms. The van der Waals surface area contributed by atoms with Gasteiger partial charge in [-0.1, -0.05) is 17.3 Å². The van der Waals surface area contributed by atoms with Crippen LogP contribution >= 0.6 is 15.9 Å². The lowest BCUT2D eigenvalue weighted by atomic mass is 10.1. The Labute approximate surface area is 119 Å². The van der Waals surface area contributed by atoms with Crippen LogP contribution in [0, 0.1) is 0 Å². The van der Waals surface area contributed by atoms with Crippen molar-refractivity contribution in [3.05, 3.63) is 34.9 Å². The van der Waals surface area contributed by atoms with Crippen molar-refractivity contribution < 1.29 is 5.21 Å². The number of benzene rings is 1. The Morgan fingerprint density at radius 1 is 1.58 bits per heavy atom. The summed E-state index contributed by atoms with van der Waals surface area (Å²) in [7, 11) is 0. The summed E-state index contributed by atoms with van der Waals surface area (Å²) in [6.07, 6.45) is 2.23. The fourth-order valence-corrected chi connectivity index (χ4v) is 2.27. The summed E-state index contributed by atoms with van der Waals surface area (Å²) in [5.41, 5.74) is 7.33. The Morgan fingerprint density at radius 2 is 2.37 bits per heavy atom. The Morgan fingerprint density at radius 3 is 3.11 bits per heavy atom. The SMILES string of the molecule is CC(C/C(N)=N/O)Nc1cccc2cc(Br)cnc12. The minimum absolute atomic E-state index is 0.0481. The molecule has 0 aliphatic carbocycles. The zero-order chi connectivity index (χ0) is 13.8. The number of amidine groups is 1. The number of nitrogens with one attached hydrogen (secondary N) is 1. The number of fused-ring (bicyclic) bond motifs is 1. The first-order valence-electron chi connectivity index (χ1n) is 5.87. The molecule has 0 bridgehead atoms. The van der Waals surface area contributed by atoms with Gasteiger partial charge in [-0.15, -0.1) is 0 Å². The monoisotopic (exact) mass is 322 g/mol. The van der Waals surface area contributed by atoms with Gasteiger partial charge in [-0.3, -0.25) is 4.98 Å². The van der Waals surface area contributed by atoms with Crippen LogP contribution in [0.1, 0.15) is 13.3 Å². The van der Waals surface area contributed by atoms with E-state index in [4.69, 9.17) is 10.9 Å². The van der Waals surface area contributed by atoms with E-state index in [1.807, 2.05) is 31.2 Å². The second-order valence-corrected chi connectivity index (χ2v) is 5.29. The number of pyridine rings is 1. The maximum atomic E-state index is 8.57. The molecule has 4 N–H and O–H groups in total. The Balaban J connectivity index is 2.25. The van der Waals surface area contributed by atoms with Crippen molar-refractivity contribution in [2.24, 2.45) is 10.9 Å². The van der Waals surface area contributed by atoms with Crippen LogP contribution in [0.2, 0.25) is 0 Å². The van der Waals surface area contributed by atoms with Crippen LogP contribution in [-0.2, 0) is 0 Å². The Bertz CT molecular complexity index is 615. The quantitative estimate of drug-likeness (QED) is 0.350. The van der Waals surface area contributed by atoms with Gasteiger partial charge in [0.1, 0.15) is 5.84 Å². The maximum Gasteiger partial charge on any atom is 0.141 e. The highest BCUT2D eigenvalue weighted by atomic mass is 79.9. The molecule has 0 amide bonds. The van der Waals surface area contributed by atoms with Crippen molar-refractivity contribution in [2.75, 3.05) is 5.32 Å². The van der Waals surface area contributed by atoms with E-state index in [0.717, 1.165) is 21.1 Å². The summed E-state index contributed by atoms with van der Waals surface area (Å²) >= 11 is 3.41. The predicted octanol–water partition coefficient (Wildman–Crippen LogP) is 2.93. The number of oxime groups is 1. The smallest absolute Gasteiger partial charge is 0.141 e. The molecule has 1 aromatic heterocycles. The van der Waals surface area contributed by atoms with Gasteiger partial charge in [0.25, 0.3) is 0 Å². The number of anilines is 1. The number of nitrogens with two attached hydrogens (primary N) is 1. The third kappa shape index (κ3) is 3.35. The molecule has 0 radical (unpaired) electrons. The van der Waals surface area contributed by atoms with Crippen molar-refractivity contribution >= 4 is 38.4 Å². The van der Waals surface area contributed by atoms with Gasteiger partial charge < -0.3 is 16.3 Å². The van der Waals surface area contributed by atoms with E-state index in [9.17, 15) is 0 Å².